The van der Waals surface area contributed by atoms with Crippen LogP contribution in [0.25, 0.3) is 0 Å². The van der Waals surface area contributed by atoms with E-state index in [0.29, 0.717) is 26.1 Å². The summed E-state index contributed by atoms with van der Waals surface area (Å²) in [7, 11) is 0. The summed E-state index contributed by atoms with van der Waals surface area (Å²) in [6.45, 7) is 9.16. The van der Waals surface area contributed by atoms with Crippen LogP contribution < -0.4 is 0 Å². The van der Waals surface area contributed by atoms with Gasteiger partial charge in [-0.15, -0.1) is 24.9 Å². The van der Waals surface area contributed by atoms with E-state index in [4.69, 9.17) is 4.74 Å². The van der Waals surface area contributed by atoms with Crippen molar-refractivity contribution < 1.29 is 24.2 Å². The van der Waals surface area contributed by atoms with E-state index in [9.17, 15) is 19.5 Å². The standard InChI is InChI=1S/C31H47BrN2O5S/c1-3-5-6-14-20-39-30(38)24-25-28(36)34(18-12-7-8-13-19-35)27(31(25)21-23(32)26(24)40-31)29(37)33(17-4-2)22-15-10-9-11-16-22/h3-4,22-27,35H,1-2,5-21H2/t23?,24-,25+,26-,27?,31?/m1/s1. The van der Waals surface area contributed by atoms with E-state index < -0.39 is 22.6 Å². The summed E-state index contributed by atoms with van der Waals surface area (Å²) in [5, 5.41) is 9.10. The molecule has 4 rings (SSSR count). The fourth-order valence-corrected chi connectivity index (χ4v) is 11.0. The second-order valence-corrected chi connectivity index (χ2v) is 14.6. The fourth-order valence-electron chi connectivity index (χ4n) is 7.43. The highest BCUT2D eigenvalue weighted by molar-refractivity contribution is 9.09. The maximum absolute atomic E-state index is 14.6. The lowest BCUT2D eigenvalue weighted by Crippen LogP contribution is -2.57. The molecule has 3 unspecified atom stereocenters. The zero-order valence-electron chi connectivity index (χ0n) is 23.8. The minimum atomic E-state index is -0.640. The first-order chi connectivity index (χ1) is 19.4. The molecule has 3 heterocycles. The Morgan fingerprint density at radius 2 is 1.85 bits per heavy atom. The lowest BCUT2D eigenvalue weighted by molar-refractivity contribution is -0.154. The van der Waals surface area contributed by atoms with Gasteiger partial charge in [0.1, 0.15) is 6.04 Å². The van der Waals surface area contributed by atoms with Crippen LogP contribution in [0.4, 0.5) is 0 Å². The van der Waals surface area contributed by atoms with Crippen molar-refractivity contribution in [2.45, 2.75) is 110 Å². The molecule has 0 aromatic carbocycles. The van der Waals surface area contributed by atoms with E-state index in [-0.39, 0.29) is 40.5 Å². The van der Waals surface area contributed by atoms with Crippen molar-refractivity contribution in [3.63, 3.8) is 0 Å². The number of unbranched alkanes of at least 4 members (excludes halogenated alkanes) is 5. The lowest BCUT2D eigenvalue weighted by atomic mass is 9.71. The number of ether oxygens (including phenoxy) is 1. The molecule has 6 atom stereocenters. The number of aliphatic hydroxyl groups excluding tert-OH is 1. The van der Waals surface area contributed by atoms with Gasteiger partial charge in [0.15, 0.2) is 0 Å². The molecule has 0 radical (unpaired) electrons. The maximum atomic E-state index is 14.6. The quantitative estimate of drug-likeness (QED) is 0.108. The van der Waals surface area contributed by atoms with Crippen molar-refractivity contribution >= 4 is 45.5 Å². The van der Waals surface area contributed by atoms with Crippen molar-refractivity contribution in [1.82, 2.24) is 9.80 Å². The summed E-state index contributed by atoms with van der Waals surface area (Å²) in [4.78, 5) is 46.2. The zero-order valence-corrected chi connectivity index (χ0v) is 26.2. The van der Waals surface area contributed by atoms with E-state index in [0.717, 1.165) is 70.6 Å². The van der Waals surface area contributed by atoms with Gasteiger partial charge in [0, 0.05) is 35.8 Å². The number of carbonyl (C=O) groups excluding carboxylic acids is 3. The summed E-state index contributed by atoms with van der Waals surface area (Å²) in [6, 6.07) is -0.430. The number of hydrogen-bond acceptors (Lipinski definition) is 6. The fraction of sp³-hybridized carbons (Fsp3) is 0.774. The first-order valence-electron chi connectivity index (χ1n) is 15.3. The third-order valence-electron chi connectivity index (χ3n) is 9.27. The number of rotatable bonds is 16. The van der Waals surface area contributed by atoms with Crippen LogP contribution in [0.3, 0.4) is 0 Å². The number of likely N-dealkylation sites (tertiary alicyclic amines) is 1. The normalized spacial score (nSPS) is 31.3. The Kier molecular flexibility index (Phi) is 11.6. The molecule has 4 fully saturated rings. The molecule has 1 N–H and O–H groups in total. The molecule has 224 valence electrons. The summed E-state index contributed by atoms with van der Waals surface area (Å²) < 4.78 is 5.11. The maximum Gasteiger partial charge on any atom is 0.310 e. The molecule has 1 saturated carbocycles. The Balaban J connectivity index is 1.61. The minimum absolute atomic E-state index is 0.0179. The molecule has 9 heteroatoms. The smallest absolute Gasteiger partial charge is 0.310 e. The van der Waals surface area contributed by atoms with E-state index >= 15 is 0 Å². The van der Waals surface area contributed by atoms with Gasteiger partial charge < -0.3 is 19.6 Å². The summed E-state index contributed by atoms with van der Waals surface area (Å²) in [6.07, 6.45) is 15.6. The first kappa shape index (κ1) is 31.6. The molecule has 0 aromatic rings. The molecule has 1 aliphatic carbocycles. The van der Waals surface area contributed by atoms with Crippen LogP contribution in [-0.2, 0) is 19.1 Å². The van der Waals surface area contributed by atoms with Gasteiger partial charge in [-0.1, -0.05) is 60.2 Å². The number of aliphatic hydroxyl groups is 1. The van der Waals surface area contributed by atoms with Gasteiger partial charge in [0.25, 0.3) is 0 Å². The third kappa shape index (κ3) is 6.36. The van der Waals surface area contributed by atoms with Crippen LogP contribution in [0.1, 0.15) is 83.5 Å². The van der Waals surface area contributed by atoms with Crippen LogP contribution in [0.5, 0.6) is 0 Å². The molecular weight excluding hydrogens is 592 g/mol. The average Bonchev–Trinajstić information content (AvgIpc) is 3.55. The molecule has 2 bridgehead atoms. The topological polar surface area (TPSA) is 87.2 Å². The molecular formula is C31H47BrN2O5S. The SMILES string of the molecule is C=CCCCCOC(=O)[C@H]1[C@@H]2SC3(CC2Br)C(C(=O)N(CC=C)C2CCCCC2)N(CCCCCCO)C(=O)[C@H]13. The molecule has 2 amide bonds. The van der Waals surface area contributed by atoms with Gasteiger partial charge in [-0.3, -0.25) is 14.4 Å². The highest BCUT2D eigenvalue weighted by Crippen LogP contribution is 2.68. The molecule has 3 saturated heterocycles. The van der Waals surface area contributed by atoms with Crippen molar-refractivity contribution in [3.8, 4) is 0 Å². The van der Waals surface area contributed by atoms with Crippen LogP contribution in [0, 0.1) is 11.8 Å². The third-order valence-corrected chi connectivity index (χ3v) is 12.5. The van der Waals surface area contributed by atoms with Crippen molar-refractivity contribution in [2.24, 2.45) is 11.8 Å². The van der Waals surface area contributed by atoms with Crippen molar-refractivity contribution in [3.05, 3.63) is 25.3 Å². The first-order valence-corrected chi connectivity index (χ1v) is 17.1. The number of allylic oxidation sites excluding steroid dienone is 1. The highest BCUT2D eigenvalue weighted by atomic mass is 79.9. The number of carbonyl (C=O) groups is 3. The van der Waals surface area contributed by atoms with E-state index in [2.05, 4.69) is 29.1 Å². The van der Waals surface area contributed by atoms with Crippen LogP contribution in [0.15, 0.2) is 25.3 Å². The summed E-state index contributed by atoms with van der Waals surface area (Å²) >= 11 is 5.53. The van der Waals surface area contributed by atoms with Gasteiger partial charge >= 0.3 is 5.97 Å². The number of esters is 1. The largest absolute Gasteiger partial charge is 0.465 e. The molecule has 0 aromatic heterocycles. The van der Waals surface area contributed by atoms with E-state index in [1.54, 1.807) is 17.8 Å². The Hall–Kier alpha value is -1.32. The van der Waals surface area contributed by atoms with E-state index in [1.165, 1.54) is 6.42 Å². The number of thioether (sulfide) groups is 1. The van der Waals surface area contributed by atoms with Gasteiger partial charge in [-0.05, 0) is 51.4 Å². The van der Waals surface area contributed by atoms with Gasteiger partial charge in [-0.25, -0.2) is 0 Å². The Bertz CT molecular complexity index is 927. The van der Waals surface area contributed by atoms with E-state index in [1.807, 2.05) is 15.9 Å². The Morgan fingerprint density at radius 1 is 1.10 bits per heavy atom. The van der Waals surface area contributed by atoms with Gasteiger partial charge in [0.2, 0.25) is 11.8 Å². The minimum Gasteiger partial charge on any atom is -0.465 e. The van der Waals surface area contributed by atoms with Crippen molar-refractivity contribution in [2.75, 3.05) is 26.3 Å². The summed E-state index contributed by atoms with van der Waals surface area (Å²) in [5.74, 6) is -1.44. The number of hydrogen-bond donors (Lipinski definition) is 1. The average molecular weight is 640 g/mol. The number of fused-ring (bicyclic) bond motifs is 1. The van der Waals surface area contributed by atoms with Gasteiger partial charge in [0.05, 0.1) is 23.2 Å². The molecule has 4 aliphatic rings. The van der Waals surface area contributed by atoms with Crippen LogP contribution in [-0.4, -0.2) is 85.9 Å². The lowest BCUT2D eigenvalue weighted by Gasteiger charge is -2.41. The number of nitrogens with zero attached hydrogens (tertiary/aromatic N) is 2. The number of amides is 2. The van der Waals surface area contributed by atoms with Gasteiger partial charge in [-0.2, -0.15) is 0 Å². The predicted molar refractivity (Wildman–Crippen MR) is 163 cm³/mol. The van der Waals surface area contributed by atoms with Crippen LogP contribution >= 0.6 is 27.7 Å². The molecule has 7 nitrogen and oxygen atoms in total. The second-order valence-electron chi connectivity index (χ2n) is 11.9. The highest BCUT2D eigenvalue weighted by Gasteiger charge is 2.76. The predicted octanol–water partition coefficient (Wildman–Crippen LogP) is 5.25. The monoisotopic (exact) mass is 638 g/mol. The molecule has 40 heavy (non-hydrogen) atoms. The van der Waals surface area contributed by atoms with Crippen LogP contribution in [0.2, 0.25) is 0 Å². The Morgan fingerprint density at radius 3 is 2.55 bits per heavy atom. The Labute approximate surface area is 252 Å². The zero-order chi connectivity index (χ0) is 28.7. The summed E-state index contributed by atoms with van der Waals surface area (Å²) in [5.41, 5.74) is 0. The molecule has 3 aliphatic heterocycles. The number of halogens is 1. The second kappa shape index (κ2) is 14.7. The molecule has 1 spiro atoms. The van der Waals surface area contributed by atoms with Crippen molar-refractivity contribution in [1.29, 1.82) is 0 Å². The number of alkyl halides is 1.